The Hall–Kier alpha value is -2.38. The molecule has 2 aromatic heterocycles. The highest BCUT2D eigenvalue weighted by Gasteiger charge is 2.11. The van der Waals surface area contributed by atoms with E-state index in [0.717, 1.165) is 15.3 Å². The first kappa shape index (κ1) is 14.2. The van der Waals surface area contributed by atoms with Crippen molar-refractivity contribution in [1.82, 2.24) is 15.2 Å². The molecule has 0 unspecified atom stereocenters. The Labute approximate surface area is 139 Å². The number of rotatable bonds is 3. The molecule has 2 heterocycles. The number of benzene rings is 2. The van der Waals surface area contributed by atoms with Gasteiger partial charge in [-0.1, -0.05) is 58.6 Å². The van der Waals surface area contributed by atoms with Crippen LogP contribution in [-0.4, -0.2) is 15.2 Å². The van der Waals surface area contributed by atoms with E-state index in [1.54, 1.807) is 6.07 Å². The second-order valence-electron chi connectivity index (χ2n) is 5.01. The SMILES string of the molecule is Cc1ccc(-c2nnc(Nc3nc4c(F)cccc4s3)s2)cc1. The molecule has 0 saturated heterocycles. The van der Waals surface area contributed by atoms with Crippen LogP contribution >= 0.6 is 22.7 Å². The Morgan fingerprint density at radius 2 is 1.78 bits per heavy atom. The maximum absolute atomic E-state index is 13.7. The van der Waals surface area contributed by atoms with Gasteiger partial charge in [-0.25, -0.2) is 9.37 Å². The Kier molecular flexibility index (Phi) is 3.51. The lowest BCUT2D eigenvalue weighted by atomic mass is 10.2. The van der Waals surface area contributed by atoms with Crippen molar-refractivity contribution in [3.05, 3.63) is 53.8 Å². The molecular weight excluding hydrogens is 331 g/mol. The molecule has 4 rings (SSSR count). The molecule has 0 atom stereocenters. The lowest BCUT2D eigenvalue weighted by Crippen LogP contribution is -1.88. The summed E-state index contributed by atoms with van der Waals surface area (Å²) in [6, 6.07) is 13.1. The number of para-hydroxylation sites is 1. The van der Waals surface area contributed by atoms with Gasteiger partial charge in [-0.05, 0) is 19.1 Å². The van der Waals surface area contributed by atoms with Crippen LogP contribution in [0.2, 0.25) is 0 Å². The summed E-state index contributed by atoms with van der Waals surface area (Å²) >= 11 is 2.83. The van der Waals surface area contributed by atoms with Crippen molar-refractivity contribution in [2.24, 2.45) is 0 Å². The molecule has 4 aromatic rings. The van der Waals surface area contributed by atoms with Crippen LogP contribution in [0, 0.1) is 12.7 Å². The predicted molar refractivity (Wildman–Crippen MR) is 92.9 cm³/mol. The number of aryl methyl sites for hydroxylation is 1. The van der Waals surface area contributed by atoms with Crippen LogP contribution in [0.4, 0.5) is 14.7 Å². The van der Waals surface area contributed by atoms with Gasteiger partial charge in [-0.2, -0.15) is 0 Å². The van der Waals surface area contributed by atoms with Crippen LogP contribution < -0.4 is 5.32 Å². The van der Waals surface area contributed by atoms with Crippen molar-refractivity contribution < 1.29 is 4.39 Å². The fourth-order valence-corrected chi connectivity index (χ4v) is 3.84. The summed E-state index contributed by atoms with van der Waals surface area (Å²) in [5.74, 6) is -0.315. The maximum atomic E-state index is 13.7. The zero-order valence-electron chi connectivity index (χ0n) is 12.1. The summed E-state index contributed by atoms with van der Waals surface area (Å²) in [5.41, 5.74) is 2.60. The number of anilines is 2. The van der Waals surface area contributed by atoms with E-state index in [4.69, 9.17) is 0 Å². The topological polar surface area (TPSA) is 50.7 Å². The van der Waals surface area contributed by atoms with Crippen molar-refractivity contribution in [2.75, 3.05) is 5.32 Å². The number of nitrogens with one attached hydrogen (secondary N) is 1. The highest BCUT2D eigenvalue weighted by Crippen LogP contribution is 2.32. The second-order valence-corrected chi connectivity index (χ2v) is 7.02. The summed E-state index contributed by atoms with van der Waals surface area (Å²) in [4.78, 5) is 4.27. The van der Waals surface area contributed by atoms with E-state index in [2.05, 4.69) is 20.5 Å². The van der Waals surface area contributed by atoms with Gasteiger partial charge in [0.1, 0.15) is 16.3 Å². The molecule has 2 aromatic carbocycles. The first-order valence-corrected chi connectivity index (χ1v) is 8.55. The minimum Gasteiger partial charge on any atom is -0.306 e. The Balaban J connectivity index is 1.61. The third-order valence-corrected chi connectivity index (χ3v) is 5.13. The molecule has 0 amide bonds. The Bertz CT molecular complexity index is 975. The number of fused-ring (bicyclic) bond motifs is 1. The molecule has 7 heteroatoms. The van der Waals surface area contributed by atoms with Crippen LogP contribution in [-0.2, 0) is 0 Å². The van der Waals surface area contributed by atoms with Gasteiger partial charge in [0.05, 0.1) is 4.70 Å². The van der Waals surface area contributed by atoms with Gasteiger partial charge in [0.25, 0.3) is 0 Å². The molecule has 0 bridgehead atoms. The number of nitrogens with zero attached hydrogens (tertiary/aromatic N) is 3. The van der Waals surface area contributed by atoms with Crippen molar-refractivity contribution in [3.8, 4) is 10.6 Å². The summed E-state index contributed by atoms with van der Waals surface area (Å²) in [6.45, 7) is 2.04. The van der Waals surface area contributed by atoms with E-state index in [9.17, 15) is 4.39 Å². The maximum Gasteiger partial charge on any atom is 0.212 e. The molecule has 114 valence electrons. The van der Waals surface area contributed by atoms with Crippen LogP contribution in [0.1, 0.15) is 5.56 Å². The first-order chi connectivity index (χ1) is 11.2. The highest BCUT2D eigenvalue weighted by atomic mass is 32.1. The largest absolute Gasteiger partial charge is 0.306 e. The van der Waals surface area contributed by atoms with E-state index in [-0.39, 0.29) is 5.82 Å². The monoisotopic (exact) mass is 342 g/mol. The second kappa shape index (κ2) is 5.68. The fraction of sp³-hybridized carbons (Fsp3) is 0.0625. The van der Waals surface area contributed by atoms with Gasteiger partial charge in [-0.15, -0.1) is 10.2 Å². The standard InChI is InChI=1S/C16H11FN4S2/c1-9-5-7-10(8-6-9)14-20-21-16(23-14)19-15-18-13-11(17)3-2-4-12(13)22-15/h2-8H,1H3,(H,18,19,21). The number of thiazole rings is 1. The zero-order chi connectivity index (χ0) is 15.8. The highest BCUT2D eigenvalue weighted by molar-refractivity contribution is 7.23. The zero-order valence-corrected chi connectivity index (χ0v) is 13.7. The van der Waals surface area contributed by atoms with E-state index >= 15 is 0 Å². The summed E-state index contributed by atoms with van der Waals surface area (Å²) in [6.07, 6.45) is 0. The van der Waals surface area contributed by atoms with E-state index < -0.39 is 0 Å². The average Bonchev–Trinajstić information content (AvgIpc) is 3.16. The third kappa shape index (κ3) is 2.80. The third-order valence-electron chi connectivity index (χ3n) is 3.31. The summed E-state index contributed by atoms with van der Waals surface area (Å²) < 4.78 is 14.5. The van der Waals surface area contributed by atoms with Gasteiger partial charge in [-0.3, -0.25) is 0 Å². The van der Waals surface area contributed by atoms with Crippen molar-refractivity contribution in [1.29, 1.82) is 0 Å². The summed E-state index contributed by atoms with van der Waals surface area (Å²) in [5, 5.41) is 13.5. The van der Waals surface area contributed by atoms with E-state index in [1.807, 2.05) is 37.3 Å². The molecule has 23 heavy (non-hydrogen) atoms. The van der Waals surface area contributed by atoms with E-state index in [1.165, 1.54) is 34.3 Å². The molecule has 0 radical (unpaired) electrons. The van der Waals surface area contributed by atoms with Crippen LogP contribution in [0.15, 0.2) is 42.5 Å². The van der Waals surface area contributed by atoms with Crippen molar-refractivity contribution in [3.63, 3.8) is 0 Å². The van der Waals surface area contributed by atoms with Crippen molar-refractivity contribution in [2.45, 2.75) is 6.92 Å². The molecule has 0 aliphatic heterocycles. The number of halogens is 1. The molecule has 0 aliphatic carbocycles. The molecule has 0 aliphatic rings. The number of hydrogen-bond donors (Lipinski definition) is 1. The number of hydrogen-bond acceptors (Lipinski definition) is 6. The van der Waals surface area contributed by atoms with Gasteiger partial charge in [0.15, 0.2) is 5.13 Å². The molecule has 0 fully saturated rings. The van der Waals surface area contributed by atoms with Gasteiger partial charge >= 0.3 is 0 Å². The first-order valence-electron chi connectivity index (χ1n) is 6.92. The normalized spacial score (nSPS) is 11.0. The molecule has 1 N–H and O–H groups in total. The van der Waals surface area contributed by atoms with Gasteiger partial charge < -0.3 is 5.32 Å². The minimum absolute atomic E-state index is 0.315. The lowest BCUT2D eigenvalue weighted by molar-refractivity contribution is 0.637. The average molecular weight is 342 g/mol. The molecular formula is C16H11FN4S2. The quantitative estimate of drug-likeness (QED) is 0.569. The fourth-order valence-electron chi connectivity index (χ4n) is 2.15. The minimum atomic E-state index is -0.315. The molecule has 0 spiro atoms. The van der Waals surface area contributed by atoms with E-state index in [0.29, 0.717) is 15.8 Å². The van der Waals surface area contributed by atoms with Crippen LogP contribution in [0.3, 0.4) is 0 Å². The molecule has 0 saturated carbocycles. The number of aromatic nitrogens is 3. The van der Waals surface area contributed by atoms with Gasteiger partial charge in [0.2, 0.25) is 5.13 Å². The van der Waals surface area contributed by atoms with Crippen molar-refractivity contribution >= 4 is 43.2 Å². The Morgan fingerprint density at radius 3 is 2.57 bits per heavy atom. The smallest absolute Gasteiger partial charge is 0.212 e. The Morgan fingerprint density at radius 1 is 0.957 bits per heavy atom. The lowest BCUT2D eigenvalue weighted by Gasteiger charge is -1.95. The molecule has 4 nitrogen and oxygen atoms in total. The summed E-state index contributed by atoms with van der Waals surface area (Å²) in [7, 11) is 0. The predicted octanol–water partition coefficient (Wildman–Crippen LogP) is 5.01. The van der Waals surface area contributed by atoms with Crippen LogP contribution in [0.5, 0.6) is 0 Å². The van der Waals surface area contributed by atoms with Crippen LogP contribution in [0.25, 0.3) is 20.8 Å². The van der Waals surface area contributed by atoms with Gasteiger partial charge in [0, 0.05) is 5.56 Å².